The molecule has 8 aromatic carbocycles. The molecule has 244 valence electrons. The van der Waals surface area contributed by atoms with E-state index in [1.165, 1.54) is 76.5 Å². The number of nitrogens with zero attached hydrogens (tertiary/aromatic N) is 3. The van der Waals surface area contributed by atoms with Gasteiger partial charge in [0.05, 0.1) is 16.7 Å². The van der Waals surface area contributed by atoms with Gasteiger partial charge >= 0.3 is 0 Å². The van der Waals surface area contributed by atoms with Crippen LogP contribution in [0.15, 0.2) is 164 Å². The van der Waals surface area contributed by atoms with Crippen LogP contribution in [0.4, 0.5) is 0 Å². The molecule has 0 saturated heterocycles. The number of hydrogen-bond donors (Lipinski definition) is 0. The van der Waals surface area contributed by atoms with Gasteiger partial charge < -0.3 is 0 Å². The molecule has 0 N–H and O–H groups in total. The Balaban J connectivity index is 1.15. The maximum Gasteiger partial charge on any atom is 0.235 e. The van der Waals surface area contributed by atoms with Crippen molar-refractivity contribution in [1.82, 2.24) is 14.5 Å². The molecular weight excluding hydrogens is 631 g/mol. The molecule has 0 radical (unpaired) electrons. The van der Waals surface area contributed by atoms with Gasteiger partial charge in [0.1, 0.15) is 0 Å². The van der Waals surface area contributed by atoms with Crippen molar-refractivity contribution in [3.63, 3.8) is 0 Å². The van der Waals surface area contributed by atoms with E-state index in [4.69, 9.17) is 9.97 Å². The lowest BCUT2D eigenvalue weighted by Crippen LogP contribution is -2.14. The Morgan fingerprint density at radius 1 is 0.423 bits per heavy atom. The molecule has 0 bridgehead atoms. The molecule has 0 amide bonds. The van der Waals surface area contributed by atoms with Gasteiger partial charge in [0.25, 0.3) is 0 Å². The highest BCUT2D eigenvalue weighted by Crippen LogP contribution is 2.50. The van der Waals surface area contributed by atoms with Crippen molar-refractivity contribution in [2.75, 3.05) is 0 Å². The third-order valence-electron chi connectivity index (χ3n) is 11.5. The molecule has 1 aliphatic rings. The Morgan fingerprint density at radius 3 is 1.90 bits per heavy atom. The number of aromatic nitrogens is 3. The van der Waals surface area contributed by atoms with E-state index in [0.29, 0.717) is 5.95 Å². The van der Waals surface area contributed by atoms with E-state index in [1.54, 1.807) is 0 Å². The van der Waals surface area contributed by atoms with E-state index >= 15 is 0 Å². The van der Waals surface area contributed by atoms with Crippen molar-refractivity contribution in [1.29, 1.82) is 0 Å². The normalized spacial score (nSPS) is 13.3. The van der Waals surface area contributed by atoms with Gasteiger partial charge in [-0.3, -0.25) is 4.57 Å². The zero-order chi connectivity index (χ0) is 34.6. The number of para-hydroxylation sites is 1. The molecule has 10 aromatic rings. The number of fused-ring (bicyclic) bond motifs is 12. The molecule has 11 rings (SSSR count). The summed E-state index contributed by atoms with van der Waals surface area (Å²) in [7, 11) is 0. The predicted molar refractivity (Wildman–Crippen MR) is 217 cm³/mol. The molecule has 0 unspecified atom stereocenters. The molecule has 2 aromatic heterocycles. The summed E-state index contributed by atoms with van der Waals surface area (Å²) in [5, 5.41) is 9.88. The molecule has 2 heterocycles. The van der Waals surface area contributed by atoms with Crippen LogP contribution < -0.4 is 0 Å². The SMILES string of the molecule is CC1(C)c2ccccc2-c2ccc(-c3ccc4c(c3)c3ccccc3c3cc5c(cc43)c3ccccc3n5-c3nccc(-c4ccccc4)n3)cc21. The van der Waals surface area contributed by atoms with Crippen molar-refractivity contribution in [2.45, 2.75) is 19.3 Å². The van der Waals surface area contributed by atoms with Crippen LogP contribution in [0.2, 0.25) is 0 Å². The summed E-state index contributed by atoms with van der Waals surface area (Å²) in [6.45, 7) is 4.71. The first-order valence-corrected chi connectivity index (χ1v) is 18.0. The molecule has 0 spiro atoms. The molecule has 3 nitrogen and oxygen atoms in total. The summed E-state index contributed by atoms with van der Waals surface area (Å²) in [6, 6.07) is 57.5. The molecular formula is C49H33N3. The van der Waals surface area contributed by atoms with Gasteiger partial charge in [-0.15, -0.1) is 0 Å². The van der Waals surface area contributed by atoms with Crippen LogP contribution in [0, 0.1) is 0 Å². The highest BCUT2D eigenvalue weighted by Gasteiger charge is 2.35. The molecule has 0 fully saturated rings. The third kappa shape index (κ3) is 4.08. The minimum atomic E-state index is -0.0415. The van der Waals surface area contributed by atoms with E-state index in [0.717, 1.165) is 22.3 Å². The summed E-state index contributed by atoms with van der Waals surface area (Å²) >= 11 is 0. The van der Waals surface area contributed by atoms with E-state index in [-0.39, 0.29) is 5.41 Å². The van der Waals surface area contributed by atoms with E-state index in [9.17, 15) is 0 Å². The third-order valence-corrected chi connectivity index (χ3v) is 11.5. The van der Waals surface area contributed by atoms with Crippen LogP contribution in [0.1, 0.15) is 25.0 Å². The van der Waals surface area contributed by atoms with Crippen molar-refractivity contribution < 1.29 is 0 Å². The summed E-state index contributed by atoms with van der Waals surface area (Å²) in [5.74, 6) is 0.669. The van der Waals surface area contributed by atoms with Crippen molar-refractivity contribution in [3.05, 3.63) is 175 Å². The lowest BCUT2D eigenvalue weighted by atomic mass is 9.81. The zero-order valence-electron chi connectivity index (χ0n) is 28.9. The first kappa shape index (κ1) is 29.2. The fraction of sp³-hybridized carbons (Fsp3) is 0.0612. The average molecular weight is 664 g/mol. The number of benzene rings is 8. The maximum atomic E-state index is 5.11. The summed E-state index contributed by atoms with van der Waals surface area (Å²) < 4.78 is 2.23. The molecule has 0 atom stereocenters. The minimum absolute atomic E-state index is 0.0415. The van der Waals surface area contributed by atoms with Crippen LogP contribution in [0.3, 0.4) is 0 Å². The minimum Gasteiger partial charge on any atom is -0.278 e. The summed E-state index contributed by atoms with van der Waals surface area (Å²) in [6.07, 6.45) is 1.87. The van der Waals surface area contributed by atoms with Gasteiger partial charge in [0.2, 0.25) is 5.95 Å². The van der Waals surface area contributed by atoms with Gasteiger partial charge in [0, 0.05) is 27.9 Å². The number of rotatable bonds is 3. The number of hydrogen-bond acceptors (Lipinski definition) is 2. The first-order chi connectivity index (χ1) is 25.5. The lowest BCUT2D eigenvalue weighted by Gasteiger charge is -2.22. The van der Waals surface area contributed by atoms with Gasteiger partial charge in [0.15, 0.2) is 0 Å². The second kappa shape index (κ2) is 10.7. The zero-order valence-corrected chi connectivity index (χ0v) is 28.9. The van der Waals surface area contributed by atoms with Crippen LogP contribution in [0.25, 0.3) is 93.6 Å². The molecule has 0 saturated carbocycles. The highest BCUT2D eigenvalue weighted by atomic mass is 15.2. The second-order valence-corrected chi connectivity index (χ2v) is 14.6. The van der Waals surface area contributed by atoms with Crippen molar-refractivity contribution in [2.24, 2.45) is 0 Å². The quantitative estimate of drug-likeness (QED) is 0.176. The van der Waals surface area contributed by atoms with Crippen LogP contribution in [-0.4, -0.2) is 14.5 Å². The summed E-state index contributed by atoms with van der Waals surface area (Å²) in [5.41, 5.74) is 12.1. The highest BCUT2D eigenvalue weighted by molar-refractivity contribution is 6.29. The standard InChI is InChI=1S/C49H33N3/c1-49(2)43-18-10-8-16-36(43)37-23-21-32(27-44(37)49)31-20-22-35-39(26-31)33-14-6-7-15-34(33)41-29-47-42(28-40(35)41)38-17-9-11-19-46(38)52(47)48-50-25-24-45(51-48)30-12-4-3-5-13-30/h3-29H,1-2H3. The van der Waals surface area contributed by atoms with E-state index < -0.39 is 0 Å². The van der Waals surface area contributed by atoms with Gasteiger partial charge in [-0.2, -0.15) is 0 Å². The first-order valence-electron chi connectivity index (χ1n) is 18.0. The Hall–Kier alpha value is -6.58. The Kier molecular flexibility index (Phi) is 6.01. The average Bonchev–Trinajstić information content (AvgIpc) is 3.65. The Morgan fingerprint density at radius 2 is 1.06 bits per heavy atom. The second-order valence-electron chi connectivity index (χ2n) is 14.6. The smallest absolute Gasteiger partial charge is 0.235 e. The molecule has 0 aliphatic heterocycles. The lowest BCUT2D eigenvalue weighted by molar-refractivity contribution is 0.660. The van der Waals surface area contributed by atoms with Crippen molar-refractivity contribution in [3.8, 4) is 39.5 Å². The van der Waals surface area contributed by atoms with Crippen LogP contribution in [0.5, 0.6) is 0 Å². The molecule has 52 heavy (non-hydrogen) atoms. The topological polar surface area (TPSA) is 30.7 Å². The van der Waals surface area contributed by atoms with Crippen molar-refractivity contribution >= 4 is 54.1 Å². The fourth-order valence-electron chi connectivity index (χ4n) is 8.92. The van der Waals surface area contributed by atoms with Crippen LogP contribution >= 0.6 is 0 Å². The van der Waals surface area contributed by atoms with Crippen LogP contribution in [-0.2, 0) is 5.41 Å². The Bertz CT molecular complexity index is 3100. The Labute approximate surface area is 301 Å². The monoisotopic (exact) mass is 663 g/mol. The molecule has 1 aliphatic carbocycles. The van der Waals surface area contributed by atoms with Gasteiger partial charge in [-0.25, -0.2) is 9.97 Å². The molecule has 3 heteroatoms. The van der Waals surface area contributed by atoms with E-state index in [2.05, 4.69) is 152 Å². The van der Waals surface area contributed by atoms with E-state index in [1.807, 2.05) is 30.5 Å². The summed E-state index contributed by atoms with van der Waals surface area (Å²) in [4.78, 5) is 9.94. The van der Waals surface area contributed by atoms with Gasteiger partial charge in [-0.05, 0) is 102 Å². The van der Waals surface area contributed by atoms with Gasteiger partial charge in [-0.1, -0.05) is 135 Å². The predicted octanol–water partition coefficient (Wildman–Crippen LogP) is 12.7. The largest absolute Gasteiger partial charge is 0.278 e. The maximum absolute atomic E-state index is 5.11. The fourth-order valence-corrected chi connectivity index (χ4v) is 8.92.